The van der Waals surface area contributed by atoms with E-state index in [9.17, 15) is 28.8 Å². The quantitative estimate of drug-likeness (QED) is 0.271. The Morgan fingerprint density at radius 3 is 1.89 bits per heavy atom. The summed E-state index contributed by atoms with van der Waals surface area (Å²) in [4.78, 5) is 88.9. The first kappa shape index (κ1) is 46.0. The third-order valence-electron chi connectivity index (χ3n) is 11.4. The molecule has 3 N–H and O–H groups in total. The molecule has 0 spiro atoms. The van der Waals surface area contributed by atoms with E-state index in [4.69, 9.17) is 14.2 Å². The van der Waals surface area contributed by atoms with Gasteiger partial charge in [-0.25, -0.2) is 0 Å². The van der Waals surface area contributed by atoms with Crippen molar-refractivity contribution < 1.29 is 43.0 Å². The molecule has 61 heavy (non-hydrogen) atoms. The number of amides is 6. The van der Waals surface area contributed by atoms with Crippen LogP contribution in [0.25, 0.3) is 0 Å². The van der Waals surface area contributed by atoms with E-state index in [0.29, 0.717) is 46.3 Å². The standard InChI is InChI=1S/C46H60N6O9/c1-9-10-11-12-23-60-39-22-17-33-26-37-42(54)47-28(2)41(53)48-29(3)44(56)50(5)36(24-31-13-18-34(59-8)19-14-31)43(55)49-30(4)45(57)52(7)38(46(58)51(37)6)25-32-15-20-35(21-16-32)61-40(39)27-33/h13-22,27-30,36-38H,9-12,23-26H2,1-8H3,(H,47,54)(H,48,53)(H,49,55). The lowest BCUT2D eigenvalue weighted by Crippen LogP contribution is -2.61. The summed E-state index contributed by atoms with van der Waals surface area (Å²) in [5.41, 5.74) is 2.06. The van der Waals surface area contributed by atoms with Crippen LogP contribution in [0.4, 0.5) is 0 Å². The molecule has 0 radical (unpaired) electrons. The van der Waals surface area contributed by atoms with Crippen LogP contribution in [-0.2, 0) is 48.0 Å². The third kappa shape index (κ3) is 11.6. The third-order valence-corrected chi connectivity index (χ3v) is 11.4. The van der Waals surface area contributed by atoms with E-state index in [1.54, 1.807) is 66.7 Å². The van der Waals surface area contributed by atoms with Crippen molar-refractivity contribution in [2.75, 3.05) is 34.9 Å². The van der Waals surface area contributed by atoms with Crippen LogP contribution in [0, 0.1) is 0 Å². The summed E-state index contributed by atoms with van der Waals surface area (Å²) < 4.78 is 17.8. The first-order valence-corrected chi connectivity index (χ1v) is 21.0. The molecule has 3 heterocycles. The molecule has 3 aromatic carbocycles. The van der Waals surface area contributed by atoms with Crippen molar-refractivity contribution >= 4 is 35.4 Å². The maximum atomic E-state index is 14.8. The normalized spacial score (nSPS) is 23.3. The van der Waals surface area contributed by atoms with Crippen molar-refractivity contribution in [1.29, 1.82) is 0 Å². The number of nitrogens with zero attached hydrogens (tertiary/aromatic N) is 3. The zero-order valence-corrected chi connectivity index (χ0v) is 36.5. The van der Waals surface area contributed by atoms with E-state index in [1.807, 2.05) is 0 Å². The fourth-order valence-corrected chi connectivity index (χ4v) is 7.50. The van der Waals surface area contributed by atoms with Gasteiger partial charge in [0.15, 0.2) is 11.5 Å². The second-order valence-electron chi connectivity index (χ2n) is 16.0. The van der Waals surface area contributed by atoms with Gasteiger partial charge in [0, 0.05) is 40.4 Å². The number of carbonyl (C=O) groups is 6. The topological polar surface area (TPSA) is 176 Å². The monoisotopic (exact) mass is 840 g/mol. The van der Waals surface area contributed by atoms with Gasteiger partial charge in [-0.2, -0.15) is 0 Å². The number of ether oxygens (including phenoxy) is 3. The fourth-order valence-electron chi connectivity index (χ4n) is 7.50. The molecule has 1 fully saturated rings. The van der Waals surface area contributed by atoms with Crippen molar-refractivity contribution in [3.05, 3.63) is 83.4 Å². The van der Waals surface area contributed by atoms with Crippen molar-refractivity contribution in [2.45, 2.75) is 109 Å². The molecule has 6 unspecified atom stereocenters. The number of likely N-dealkylation sites (N-methyl/N-ethyl adjacent to an activating group) is 3. The van der Waals surface area contributed by atoms with E-state index >= 15 is 0 Å². The highest BCUT2D eigenvalue weighted by atomic mass is 16.5. The van der Waals surface area contributed by atoms with Crippen LogP contribution >= 0.6 is 0 Å². The summed E-state index contributed by atoms with van der Waals surface area (Å²) in [6.45, 7) is 7.13. The van der Waals surface area contributed by atoms with Crippen LogP contribution in [0.2, 0.25) is 0 Å². The Hall–Kier alpha value is -6.12. The largest absolute Gasteiger partial charge is 0.497 e. The van der Waals surface area contributed by atoms with Crippen LogP contribution in [0.5, 0.6) is 23.0 Å². The molecule has 328 valence electrons. The Kier molecular flexibility index (Phi) is 15.8. The number of hydrogen-bond acceptors (Lipinski definition) is 9. The van der Waals surface area contributed by atoms with E-state index in [1.165, 1.54) is 63.7 Å². The van der Waals surface area contributed by atoms with Gasteiger partial charge in [-0.05, 0) is 80.3 Å². The Bertz CT molecular complexity index is 2040. The molecule has 15 nitrogen and oxygen atoms in total. The van der Waals surface area contributed by atoms with Crippen LogP contribution in [-0.4, -0.2) is 121 Å². The average molecular weight is 841 g/mol. The number of hydrogen-bond donors (Lipinski definition) is 3. The fraction of sp³-hybridized carbons (Fsp3) is 0.478. The molecule has 3 aliphatic rings. The Morgan fingerprint density at radius 1 is 0.639 bits per heavy atom. The molecule has 6 amide bonds. The Labute approximate surface area is 358 Å². The van der Waals surface area contributed by atoms with E-state index in [-0.39, 0.29) is 19.3 Å². The molecular weight excluding hydrogens is 781 g/mol. The van der Waals surface area contributed by atoms with Gasteiger partial charge in [0.1, 0.15) is 47.8 Å². The van der Waals surface area contributed by atoms with Crippen LogP contribution < -0.4 is 30.2 Å². The van der Waals surface area contributed by atoms with Crippen LogP contribution in [0.3, 0.4) is 0 Å². The molecule has 0 aromatic heterocycles. The smallest absolute Gasteiger partial charge is 0.246 e. The Balaban J connectivity index is 1.54. The zero-order valence-electron chi connectivity index (χ0n) is 36.5. The summed E-state index contributed by atoms with van der Waals surface area (Å²) >= 11 is 0. The number of methoxy groups -OCH3 is 1. The minimum atomic E-state index is -1.16. The van der Waals surface area contributed by atoms with Crippen molar-refractivity contribution in [1.82, 2.24) is 30.7 Å². The van der Waals surface area contributed by atoms with Gasteiger partial charge in [-0.15, -0.1) is 0 Å². The lowest BCUT2D eigenvalue weighted by molar-refractivity contribution is -0.149. The van der Waals surface area contributed by atoms with Crippen molar-refractivity contribution in [3.63, 3.8) is 0 Å². The number of unbranched alkanes of at least 4 members (excludes halogenated alkanes) is 3. The van der Waals surface area contributed by atoms with Gasteiger partial charge in [0.05, 0.1) is 13.7 Å². The Morgan fingerprint density at radius 2 is 1.23 bits per heavy atom. The minimum absolute atomic E-state index is 0.0131. The first-order chi connectivity index (χ1) is 29.1. The lowest BCUT2D eigenvalue weighted by Gasteiger charge is -2.36. The molecule has 6 atom stereocenters. The molecular formula is C46H60N6O9. The second kappa shape index (κ2) is 20.9. The molecule has 0 aliphatic carbocycles. The van der Waals surface area contributed by atoms with E-state index in [2.05, 4.69) is 22.9 Å². The van der Waals surface area contributed by atoms with Gasteiger partial charge >= 0.3 is 0 Å². The van der Waals surface area contributed by atoms with Gasteiger partial charge < -0.3 is 44.9 Å². The van der Waals surface area contributed by atoms with Crippen LogP contribution in [0.1, 0.15) is 70.1 Å². The number of carbonyl (C=O) groups excluding carboxylic acids is 6. The second-order valence-corrected chi connectivity index (χ2v) is 16.0. The van der Waals surface area contributed by atoms with E-state index in [0.717, 1.165) is 25.7 Å². The summed E-state index contributed by atoms with van der Waals surface area (Å²) in [5.74, 6) is -1.46. The lowest BCUT2D eigenvalue weighted by atomic mass is 9.98. The molecule has 15 heteroatoms. The predicted octanol–water partition coefficient (Wildman–Crippen LogP) is 3.80. The van der Waals surface area contributed by atoms with Crippen molar-refractivity contribution in [2.24, 2.45) is 0 Å². The van der Waals surface area contributed by atoms with Gasteiger partial charge in [-0.1, -0.05) is 56.5 Å². The molecule has 0 saturated carbocycles. The predicted molar refractivity (Wildman–Crippen MR) is 229 cm³/mol. The number of nitrogens with one attached hydrogen (secondary N) is 3. The maximum Gasteiger partial charge on any atom is 0.246 e. The SMILES string of the molecule is CCCCCCOc1ccc2cc1Oc1ccc(cc1)CC1C(=O)N(C)C(C2)C(=O)NC(C)C(=O)NC(C)C(=O)N(C)C(Cc2ccc(OC)cc2)C(=O)NC(C)C(=O)N1C. The minimum Gasteiger partial charge on any atom is -0.497 e. The van der Waals surface area contributed by atoms with Crippen molar-refractivity contribution in [3.8, 4) is 23.0 Å². The average Bonchev–Trinajstić information content (AvgIpc) is 3.25. The highest BCUT2D eigenvalue weighted by molar-refractivity contribution is 5.98. The summed E-state index contributed by atoms with van der Waals surface area (Å²) in [7, 11) is 5.98. The number of rotatable bonds is 9. The van der Waals surface area contributed by atoms with Gasteiger partial charge in [0.2, 0.25) is 35.4 Å². The van der Waals surface area contributed by atoms with Crippen LogP contribution in [0.15, 0.2) is 66.7 Å². The zero-order chi connectivity index (χ0) is 44.4. The highest BCUT2D eigenvalue weighted by Gasteiger charge is 2.39. The number of benzene rings is 3. The molecule has 3 aromatic rings. The summed E-state index contributed by atoms with van der Waals surface area (Å²) in [6, 6.07) is 12.8. The maximum absolute atomic E-state index is 14.8. The number of fused-ring (bicyclic) bond motifs is 2. The first-order valence-electron chi connectivity index (χ1n) is 21.0. The summed E-state index contributed by atoms with van der Waals surface area (Å²) in [6.07, 6.45) is 4.27. The molecule has 3 aliphatic heterocycles. The molecule has 1 saturated heterocycles. The summed E-state index contributed by atoms with van der Waals surface area (Å²) in [5, 5.41) is 8.21. The molecule has 6 bridgehead atoms. The van der Waals surface area contributed by atoms with Gasteiger partial charge in [0.25, 0.3) is 0 Å². The van der Waals surface area contributed by atoms with Gasteiger partial charge in [-0.3, -0.25) is 28.8 Å². The molecule has 6 rings (SSSR count). The van der Waals surface area contributed by atoms with E-state index < -0.39 is 71.7 Å². The highest BCUT2D eigenvalue weighted by Crippen LogP contribution is 2.34.